The third-order valence-corrected chi connectivity index (χ3v) is 4.10. The van der Waals surface area contributed by atoms with E-state index in [9.17, 15) is 0 Å². The molecule has 4 heteroatoms. The Morgan fingerprint density at radius 2 is 1.76 bits per heavy atom. The molecule has 0 saturated carbocycles. The molecule has 0 aliphatic heterocycles. The fourth-order valence-electron chi connectivity index (χ4n) is 2.95. The highest BCUT2D eigenvalue weighted by molar-refractivity contribution is 5.46. The van der Waals surface area contributed by atoms with E-state index in [2.05, 4.69) is 34.7 Å². The lowest BCUT2D eigenvalue weighted by molar-refractivity contribution is 0.707. The van der Waals surface area contributed by atoms with Crippen LogP contribution < -0.4 is 11.3 Å². The molecule has 0 fully saturated rings. The summed E-state index contributed by atoms with van der Waals surface area (Å²) in [6.07, 6.45) is 7.58. The zero-order valence-electron chi connectivity index (χ0n) is 12.3. The molecular weight excluding hydrogens is 260 g/mol. The van der Waals surface area contributed by atoms with Crippen LogP contribution >= 0.6 is 0 Å². The van der Waals surface area contributed by atoms with Gasteiger partial charge >= 0.3 is 0 Å². The predicted octanol–water partition coefficient (Wildman–Crippen LogP) is 2.82. The first-order chi connectivity index (χ1) is 10.4. The van der Waals surface area contributed by atoms with Gasteiger partial charge in [0, 0.05) is 17.7 Å². The lowest BCUT2D eigenvalue weighted by Gasteiger charge is -2.12. The third-order valence-electron chi connectivity index (χ3n) is 4.10. The van der Waals surface area contributed by atoms with E-state index in [4.69, 9.17) is 10.8 Å². The van der Waals surface area contributed by atoms with Crippen molar-refractivity contribution in [3.8, 4) is 0 Å². The number of hydrogen-bond donors (Lipinski definition) is 2. The van der Waals surface area contributed by atoms with Crippen molar-refractivity contribution < 1.29 is 0 Å². The molecule has 0 bridgehead atoms. The average Bonchev–Trinajstić information content (AvgIpc) is 2.78. The van der Waals surface area contributed by atoms with Crippen LogP contribution in [0.3, 0.4) is 0 Å². The first kappa shape index (κ1) is 14.0. The normalized spacial score (nSPS) is 14.3. The molecule has 0 saturated heterocycles. The molecule has 0 unspecified atom stereocenters. The van der Waals surface area contributed by atoms with E-state index in [0.717, 1.165) is 37.3 Å². The summed E-state index contributed by atoms with van der Waals surface area (Å²) in [5.41, 5.74) is 6.50. The number of benzene rings is 1. The van der Waals surface area contributed by atoms with Crippen molar-refractivity contribution >= 4 is 5.82 Å². The first-order valence-corrected chi connectivity index (χ1v) is 7.76. The summed E-state index contributed by atoms with van der Waals surface area (Å²) in [5, 5.41) is 0. The molecule has 0 spiro atoms. The van der Waals surface area contributed by atoms with Gasteiger partial charge in [0.25, 0.3) is 0 Å². The number of nitrogens with one attached hydrogen (secondary N) is 1. The topological polar surface area (TPSA) is 63.8 Å². The van der Waals surface area contributed by atoms with E-state index >= 15 is 0 Å². The number of fused-ring (bicyclic) bond motifs is 1. The van der Waals surface area contributed by atoms with Gasteiger partial charge in [-0.15, -0.1) is 0 Å². The molecule has 0 radical (unpaired) electrons. The number of nitrogens with two attached hydrogens (primary N) is 1. The number of anilines is 1. The van der Waals surface area contributed by atoms with Crippen molar-refractivity contribution in [3.05, 3.63) is 53.0 Å². The minimum atomic E-state index is 0.824. The van der Waals surface area contributed by atoms with E-state index in [0.29, 0.717) is 0 Å². The minimum absolute atomic E-state index is 0.824. The highest BCUT2D eigenvalue weighted by Crippen LogP contribution is 2.24. The summed E-state index contributed by atoms with van der Waals surface area (Å²) in [7, 11) is 0. The first-order valence-electron chi connectivity index (χ1n) is 7.76. The second kappa shape index (κ2) is 6.68. The van der Waals surface area contributed by atoms with Crippen molar-refractivity contribution in [2.45, 2.75) is 44.9 Å². The number of aromatic nitrogens is 2. The highest BCUT2D eigenvalue weighted by atomic mass is 15.3. The number of rotatable bonds is 4. The standard InChI is InChI=1S/C17H22N4/c18-21-17-14-9-5-2-6-10-15(14)19-16(20-17)12-11-13-7-3-1-4-8-13/h1,3-4,7-8H,2,5-6,9-12,18H2,(H,19,20,21). The maximum Gasteiger partial charge on any atom is 0.147 e. The zero-order chi connectivity index (χ0) is 14.5. The smallest absolute Gasteiger partial charge is 0.147 e. The van der Waals surface area contributed by atoms with Crippen LogP contribution in [-0.4, -0.2) is 9.97 Å². The molecular formula is C17H22N4. The SMILES string of the molecule is NNc1nc(CCc2ccccc2)nc2c1CCCCC2. The fraction of sp³-hybridized carbons (Fsp3) is 0.412. The Labute approximate surface area is 125 Å². The Morgan fingerprint density at radius 1 is 0.952 bits per heavy atom. The summed E-state index contributed by atoms with van der Waals surface area (Å²) in [6, 6.07) is 10.5. The lowest BCUT2D eigenvalue weighted by atomic mass is 10.1. The van der Waals surface area contributed by atoms with Gasteiger partial charge in [-0.2, -0.15) is 0 Å². The third kappa shape index (κ3) is 3.39. The number of hydrazine groups is 1. The number of hydrogen-bond acceptors (Lipinski definition) is 4. The highest BCUT2D eigenvalue weighted by Gasteiger charge is 2.16. The Morgan fingerprint density at radius 3 is 2.57 bits per heavy atom. The van der Waals surface area contributed by atoms with E-state index in [-0.39, 0.29) is 0 Å². The van der Waals surface area contributed by atoms with Gasteiger partial charge in [0.05, 0.1) is 0 Å². The molecule has 1 aromatic heterocycles. The van der Waals surface area contributed by atoms with Gasteiger partial charge in [0.2, 0.25) is 0 Å². The van der Waals surface area contributed by atoms with Crippen molar-refractivity contribution in [3.63, 3.8) is 0 Å². The van der Waals surface area contributed by atoms with Crippen LogP contribution in [0.15, 0.2) is 30.3 Å². The largest absolute Gasteiger partial charge is 0.308 e. The predicted molar refractivity (Wildman–Crippen MR) is 85.0 cm³/mol. The quantitative estimate of drug-likeness (QED) is 0.514. The lowest BCUT2D eigenvalue weighted by Crippen LogP contribution is -2.15. The van der Waals surface area contributed by atoms with Crippen LogP contribution in [-0.2, 0) is 25.7 Å². The van der Waals surface area contributed by atoms with Crippen molar-refractivity contribution in [2.24, 2.45) is 5.84 Å². The van der Waals surface area contributed by atoms with Crippen molar-refractivity contribution in [2.75, 3.05) is 5.43 Å². The van der Waals surface area contributed by atoms with Gasteiger partial charge in [-0.3, -0.25) is 0 Å². The fourth-order valence-corrected chi connectivity index (χ4v) is 2.95. The zero-order valence-corrected chi connectivity index (χ0v) is 12.3. The number of nitrogens with zero attached hydrogens (tertiary/aromatic N) is 2. The van der Waals surface area contributed by atoms with Gasteiger partial charge in [-0.25, -0.2) is 15.8 Å². The van der Waals surface area contributed by atoms with Crippen molar-refractivity contribution in [1.82, 2.24) is 9.97 Å². The average molecular weight is 282 g/mol. The van der Waals surface area contributed by atoms with Crippen LogP contribution in [0, 0.1) is 0 Å². The number of aryl methyl sites for hydroxylation is 3. The van der Waals surface area contributed by atoms with Gasteiger partial charge in [-0.05, 0) is 37.7 Å². The van der Waals surface area contributed by atoms with Crippen LogP contribution in [0.5, 0.6) is 0 Å². The molecule has 1 aromatic carbocycles. The Balaban J connectivity index is 1.81. The van der Waals surface area contributed by atoms with Gasteiger partial charge in [-0.1, -0.05) is 36.8 Å². The summed E-state index contributed by atoms with van der Waals surface area (Å²) in [4.78, 5) is 9.40. The van der Waals surface area contributed by atoms with Crippen LogP contribution in [0.1, 0.15) is 41.9 Å². The van der Waals surface area contributed by atoms with Gasteiger partial charge < -0.3 is 5.43 Å². The Bertz CT molecular complexity index is 595. The summed E-state index contributed by atoms with van der Waals surface area (Å²) in [6.45, 7) is 0. The van der Waals surface area contributed by atoms with Gasteiger partial charge in [0.1, 0.15) is 11.6 Å². The minimum Gasteiger partial charge on any atom is -0.308 e. The van der Waals surface area contributed by atoms with E-state index < -0.39 is 0 Å². The summed E-state index contributed by atoms with van der Waals surface area (Å²) in [5.74, 6) is 7.38. The van der Waals surface area contributed by atoms with Crippen LogP contribution in [0.4, 0.5) is 5.82 Å². The second-order valence-corrected chi connectivity index (χ2v) is 5.60. The molecule has 2 aromatic rings. The molecule has 4 nitrogen and oxygen atoms in total. The summed E-state index contributed by atoms with van der Waals surface area (Å²) < 4.78 is 0. The maximum absolute atomic E-state index is 5.66. The number of nitrogen functional groups attached to an aromatic ring is 1. The monoisotopic (exact) mass is 282 g/mol. The maximum atomic E-state index is 5.66. The Hall–Kier alpha value is -1.94. The van der Waals surface area contributed by atoms with E-state index in [1.165, 1.54) is 36.1 Å². The molecule has 21 heavy (non-hydrogen) atoms. The molecule has 1 heterocycles. The molecule has 3 rings (SSSR count). The summed E-state index contributed by atoms with van der Waals surface area (Å²) >= 11 is 0. The van der Waals surface area contributed by atoms with E-state index in [1.54, 1.807) is 0 Å². The van der Waals surface area contributed by atoms with E-state index in [1.807, 2.05) is 6.07 Å². The van der Waals surface area contributed by atoms with Gasteiger partial charge in [0.15, 0.2) is 0 Å². The molecule has 1 aliphatic carbocycles. The van der Waals surface area contributed by atoms with Crippen molar-refractivity contribution in [1.29, 1.82) is 0 Å². The second-order valence-electron chi connectivity index (χ2n) is 5.60. The molecule has 0 atom stereocenters. The van der Waals surface area contributed by atoms with Crippen LogP contribution in [0.25, 0.3) is 0 Å². The Kier molecular flexibility index (Phi) is 4.46. The molecule has 110 valence electrons. The molecule has 3 N–H and O–H groups in total. The molecule has 1 aliphatic rings. The van der Waals surface area contributed by atoms with Crippen LogP contribution in [0.2, 0.25) is 0 Å². The molecule has 0 amide bonds.